The summed E-state index contributed by atoms with van der Waals surface area (Å²) in [7, 11) is 0. The van der Waals surface area contributed by atoms with Crippen LogP contribution in [0.1, 0.15) is 6.92 Å². The van der Waals surface area contributed by atoms with Crippen molar-refractivity contribution >= 4 is 5.97 Å². The molecular weight excluding hydrogens is 307 g/mol. The van der Waals surface area contributed by atoms with Gasteiger partial charge in [-0.2, -0.15) is 0 Å². The summed E-state index contributed by atoms with van der Waals surface area (Å²) in [6.07, 6.45) is 0. The average molecular weight is 319 g/mol. The van der Waals surface area contributed by atoms with Crippen LogP contribution in [-0.2, 0) is 21.9 Å². The van der Waals surface area contributed by atoms with Crippen molar-refractivity contribution in [2.75, 3.05) is 0 Å². The van der Waals surface area contributed by atoms with E-state index in [4.69, 9.17) is 27.1 Å². The van der Waals surface area contributed by atoms with Gasteiger partial charge in [-0.3, -0.25) is 4.79 Å². The van der Waals surface area contributed by atoms with Gasteiger partial charge in [-0.25, -0.2) is 0 Å². The fourth-order valence-corrected chi connectivity index (χ4v) is 0. The molecule has 0 aromatic heterocycles. The van der Waals surface area contributed by atoms with Crippen molar-refractivity contribution < 1.29 is 27.0 Å². The van der Waals surface area contributed by atoms with Crippen LogP contribution in [0.3, 0.4) is 0 Å². The summed E-state index contributed by atoms with van der Waals surface area (Å²) < 4.78 is 19.5. The van der Waals surface area contributed by atoms with E-state index in [0.29, 0.717) is 0 Å². The molecule has 0 unspecified atom stereocenters. The number of rotatable bonds is 0. The molecule has 0 aliphatic carbocycles. The van der Waals surface area contributed by atoms with Crippen LogP contribution in [0.5, 0.6) is 0 Å². The normalized spacial score (nSPS) is 11.2. The fraction of sp³-hybridized carbons (Fsp3) is 0.500. The van der Waals surface area contributed by atoms with Gasteiger partial charge < -0.3 is 5.11 Å². The first-order valence-corrected chi connectivity index (χ1v) is 6.91. The standard InChI is InChI=1S/C2H4O2.4H2N.Pt/c1-2(3)4;;;;;/h1H3,(H,3,4);4*1H2;/q;4*-1;+4. The minimum atomic E-state index is -2.94. The van der Waals surface area contributed by atoms with E-state index in [1.165, 1.54) is 0 Å². The molecule has 0 amide bonds. The first-order valence-electron chi connectivity index (χ1n) is 1.66. The summed E-state index contributed by atoms with van der Waals surface area (Å²) in [5.74, 6) is -0.833. The predicted molar refractivity (Wildman–Crippen MR) is 30.1 cm³/mol. The zero-order valence-corrected chi connectivity index (χ0v) is 7.25. The Morgan fingerprint density at radius 3 is 1.33 bits per heavy atom. The fourth-order valence-electron chi connectivity index (χ4n) is 0. The zero-order chi connectivity index (χ0) is 8.08. The monoisotopic (exact) mass is 319 g/mol. The van der Waals surface area contributed by atoms with Gasteiger partial charge in [0.05, 0.1) is 0 Å². The van der Waals surface area contributed by atoms with E-state index in [1.807, 2.05) is 0 Å². The van der Waals surface area contributed by atoms with Crippen molar-refractivity contribution in [3.05, 3.63) is 0 Å². The van der Waals surface area contributed by atoms with Gasteiger partial charge in [-0.15, -0.1) is 0 Å². The van der Waals surface area contributed by atoms with Gasteiger partial charge in [0.15, 0.2) is 0 Å². The first-order chi connectivity index (χ1) is 3.73. The molecule has 0 aromatic carbocycles. The van der Waals surface area contributed by atoms with E-state index in [9.17, 15) is 0 Å². The Labute approximate surface area is 57.6 Å². The molecule has 0 aliphatic heterocycles. The molecule has 6 nitrogen and oxygen atoms in total. The Bertz CT molecular complexity index is 79.1. The molecular formula is C2H12N4O2Pt. The number of carboxylic acids is 1. The van der Waals surface area contributed by atoms with Crippen LogP contribution < -0.4 is 17.2 Å². The average Bonchev–Trinajstić information content (AvgIpc) is 1.19. The molecule has 0 radical (unpaired) electrons. The SMILES string of the molecule is CC(=O)O.[NH2][Pt]([NH2])([NH2])[NH2]. The van der Waals surface area contributed by atoms with Gasteiger partial charge in [-0.1, -0.05) is 0 Å². The molecule has 0 heterocycles. The molecule has 0 saturated heterocycles. The van der Waals surface area contributed by atoms with Crippen LogP contribution in [0.2, 0.25) is 0 Å². The summed E-state index contributed by atoms with van der Waals surface area (Å²) in [5.41, 5.74) is 0. The quantitative estimate of drug-likeness (QED) is 0.341. The van der Waals surface area contributed by atoms with Gasteiger partial charge in [0.2, 0.25) is 0 Å². The summed E-state index contributed by atoms with van der Waals surface area (Å²) in [5, 5.41) is 7.42. The van der Waals surface area contributed by atoms with E-state index in [-0.39, 0.29) is 0 Å². The molecule has 0 aliphatic rings. The van der Waals surface area contributed by atoms with Crippen LogP contribution in [0.4, 0.5) is 0 Å². The van der Waals surface area contributed by atoms with Crippen LogP contribution >= 0.6 is 0 Å². The number of carbonyl (C=O) groups is 1. The Kier molecular flexibility index (Phi) is 6.32. The van der Waals surface area contributed by atoms with Gasteiger partial charge in [0.1, 0.15) is 0 Å². The number of hydrogen-bond donors (Lipinski definition) is 5. The Balaban J connectivity index is 0. The van der Waals surface area contributed by atoms with E-state index in [1.54, 1.807) is 0 Å². The number of nitrogens with two attached hydrogens (primary N) is 4. The van der Waals surface area contributed by atoms with Crippen LogP contribution in [0.25, 0.3) is 0 Å². The summed E-state index contributed by atoms with van der Waals surface area (Å²) >= 11 is -2.94. The van der Waals surface area contributed by atoms with Crippen molar-refractivity contribution in [3.63, 3.8) is 0 Å². The molecule has 7 heteroatoms. The molecule has 9 heavy (non-hydrogen) atoms. The number of aliphatic carboxylic acids is 1. The molecule has 0 rings (SSSR count). The molecule has 0 fully saturated rings. The summed E-state index contributed by atoms with van der Waals surface area (Å²) in [4.78, 5) is 9.00. The third kappa shape index (κ3) is 101000000. The second-order valence-electron chi connectivity index (χ2n) is 1.15. The molecule has 0 spiro atoms. The van der Waals surface area contributed by atoms with Crippen molar-refractivity contribution in [1.29, 1.82) is 0 Å². The van der Waals surface area contributed by atoms with Crippen molar-refractivity contribution in [2.24, 2.45) is 17.2 Å². The second kappa shape index (κ2) is 4.84. The molecule has 0 atom stereocenters. The Hall–Kier alpha value is -0.00169. The summed E-state index contributed by atoms with van der Waals surface area (Å²) in [6.45, 7) is 1.08. The van der Waals surface area contributed by atoms with Gasteiger partial charge in [-0.05, 0) is 0 Å². The number of carboxylic acid groups (broad SMARTS) is 1. The predicted octanol–water partition coefficient (Wildman–Crippen LogP) is -2.27. The molecule has 0 aromatic rings. The summed E-state index contributed by atoms with van der Waals surface area (Å²) in [6, 6.07) is 0. The minimum absolute atomic E-state index is 0.833. The van der Waals surface area contributed by atoms with Crippen LogP contribution in [0.15, 0.2) is 0 Å². The topological polar surface area (TPSA) is 141 Å². The Morgan fingerprint density at radius 1 is 1.33 bits per heavy atom. The van der Waals surface area contributed by atoms with Crippen LogP contribution in [0, 0.1) is 0 Å². The third-order valence-electron chi connectivity index (χ3n) is 0. The van der Waals surface area contributed by atoms with Gasteiger partial charge >= 0.3 is 34.2 Å². The van der Waals surface area contributed by atoms with Gasteiger partial charge in [0.25, 0.3) is 5.97 Å². The molecule has 9 N–H and O–H groups in total. The Morgan fingerprint density at radius 2 is 1.33 bits per heavy atom. The zero-order valence-electron chi connectivity index (χ0n) is 4.98. The third-order valence-corrected chi connectivity index (χ3v) is 0. The van der Waals surface area contributed by atoms with E-state index in [2.05, 4.69) is 0 Å². The van der Waals surface area contributed by atoms with Crippen molar-refractivity contribution in [2.45, 2.75) is 6.92 Å². The van der Waals surface area contributed by atoms with Crippen LogP contribution in [-0.4, -0.2) is 11.1 Å². The maximum atomic E-state index is 9.00. The molecule has 0 saturated carbocycles. The van der Waals surface area contributed by atoms with Crippen molar-refractivity contribution in [3.8, 4) is 0 Å². The van der Waals surface area contributed by atoms with Gasteiger partial charge in [0, 0.05) is 6.92 Å². The second-order valence-corrected chi connectivity index (χ2v) is 5.70. The van der Waals surface area contributed by atoms with E-state index in [0.717, 1.165) is 6.92 Å². The molecule has 62 valence electrons. The molecule has 0 bridgehead atoms. The van der Waals surface area contributed by atoms with E-state index >= 15 is 0 Å². The number of hydrogen-bond acceptors (Lipinski definition) is 5. The first kappa shape index (κ1) is 11.8. The maximum absolute atomic E-state index is 9.00. The van der Waals surface area contributed by atoms with Crippen molar-refractivity contribution in [1.82, 2.24) is 0 Å². The van der Waals surface area contributed by atoms with E-state index < -0.39 is 23.0 Å².